The lowest BCUT2D eigenvalue weighted by Gasteiger charge is -2.30. The third-order valence-electron chi connectivity index (χ3n) is 3.88. The zero-order valence-corrected chi connectivity index (χ0v) is 10.7. The molecule has 0 aromatic carbocycles. The number of allylic oxidation sites excluding steroid dienone is 3. The Hall–Kier alpha value is -0.0900. The third kappa shape index (κ3) is 2.94. The highest BCUT2D eigenvalue weighted by Gasteiger charge is 2.29. The molecule has 2 rings (SSSR count). The van der Waals surface area contributed by atoms with Gasteiger partial charge in [-0.25, -0.2) is 0 Å². The molecule has 0 aromatic heterocycles. The first-order valence-corrected chi connectivity index (χ1v) is 7.36. The van der Waals surface area contributed by atoms with E-state index in [0.29, 0.717) is 5.41 Å². The van der Waals surface area contributed by atoms with Crippen LogP contribution in [0.3, 0.4) is 0 Å². The van der Waals surface area contributed by atoms with Gasteiger partial charge >= 0.3 is 0 Å². The monoisotopic (exact) mass is 221 g/mol. The first-order chi connectivity index (χ1) is 7.31. The van der Waals surface area contributed by atoms with Crippen molar-refractivity contribution in [1.29, 1.82) is 0 Å². The molecule has 1 saturated carbocycles. The Balaban J connectivity index is 2.02. The quantitative estimate of drug-likeness (QED) is 0.514. The van der Waals surface area contributed by atoms with Crippen LogP contribution in [0.4, 0.5) is 0 Å². The summed E-state index contributed by atoms with van der Waals surface area (Å²) in [6.07, 6.45) is 16.1. The van der Waals surface area contributed by atoms with Gasteiger partial charge in [-0.05, 0) is 32.2 Å². The highest BCUT2D eigenvalue weighted by molar-refractivity contribution is 7.47. The van der Waals surface area contributed by atoms with Crippen LogP contribution in [0.2, 0.25) is 0 Å². The maximum Gasteiger partial charge on any atom is -0.00644 e. The summed E-state index contributed by atoms with van der Waals surface area (Å²) < 4.78 is 0. The summed E-state index contributed by atoms with van der Waals surface area (Å²) in [5.74, 6) is 2.28. The SMILES string of the molecule is CC1(C2=CC=C[P]2)CCCCCCCC1. The molecule has 0 aromatic rings. The van der Waals surface area contributed by atoms with E-state index in [2.05, 4.69) is 24.9 Å². The molecule has 83 valence electrons. The van der Waals surface area contributed by atoms with Crippen molar-refractivity contribution in [3.63, 3.8) is 0 Å². The fourth-order valence-corrected chi connectivity index (χ4v) is 3.82. The van der Waals surface area contributed by atoms with Gasteiger partial charge in [-0.15, -0.1) is 0 Å². The van der Waals surface area contributed by atoms with Crippen molar-refractivity contribution in [1.82, 2.24) is 0 Å². The van der Waals surface area contributed by atoms with Gasteiger partial charge in [0.1, 0.15) is 0 Å². The topological polar surface area (TPSA) is 0 Å². The summed E-state index contributed by atoms with van der Waals surface area (Å²) in [6, 6.07) is 0. The van der Waals surface area contributed by atoms with Crippen molar-refractivity contribution in [2.45, 2.75) is 58.3 Å². The van der Waals surface area contributed by atoms with Crippen LogP contribution in [0, 0.1) is 5.41 Å². The van der Waals surface area contributed by atoms with Crippen LogP contribution in [-0.4, -0.2) is 0 Å². The van der Waals surface area contributed by atoms with E-state index < -0.39 is 0 Å². The van der Waals surface area contributed by atoms with E-state index in [1.807, 2.05) is 0 Å². The zero-order valence-electron chi connectivity index (χ0n) is 9.84. The average Bonchev–Trinajstić information content (AvgIpc) is 2.75. The van der Waals surface area contributed by atoms with Crippen molar-refractivity contribution < 1.29 is 0 Å². The van der Waals surface area contributed by atoms with Crippen LogP contribution in [0.1, 0.15) is 58.3 Å². The molecule has 0 saturated heterocycles. The highest BCUT2D eigenvalue weighted by atomic mass is 31.1. The Morgan fingerprint density at radius 1 is 1.00 bits per heavy atom. The fourth-order valence-electron chi connectivity index (χ4n) is 2.78. The molecule has 0 nitrogen and oxygen atoms in total. The van der Waals surface area contributed by atoms with Crippen molar-refractivity contribution in [2.75, 3.05) is 0 Å². The maximum atomic E-state index is 2.49. The molecule has 0 amide bonds. The fraction of sp³-hybridized carbons (Fsp3) is 0.714. The van der Waals surface area contributed by atoms with Crippen LogP contribution in [0.15, 0.2) is 23.3 Å². The molecule has 0 bridgehead atoms. The van der Waals surface area contributed by atoms with Gasteiger partial charge in [0.25, 0.3) is 0 Å². The Morgan fingerprint density at radius 2 is 1.60 bits per heavy atom. The summed E-state index contributed by atoms with van der Waals surface area (Å²) in [5.41, 5.74) is 0.509. The largest absolute Gasteiger partial charge is 0.0608 e. The van der Waals surface area contributed by atoms with E-state index in [1.165, 1.54) is 59.9 Å². The second kappa shape index (κ2) is 5.30. The van der Waals surface area contributed by atoms with Gasteiger partial charge in [-0.3, -0.25) is 0 Å². The van der Waals surface area contributed by atoms with Crippen LogP contribution in [0.25, 0.3) is 0 Å². The zero-order chi connectivity index (χ0) is 10.6. The normalized spacial score (nSPS) is 28.2. The summed E-state index contributed by atoms with van der Waals surface area (Å²) in [5, 5.41) is 1.67. The van der Waals surface area contributed by atoms with E-state index in [9.17, 15) is 0 Å². The van der Waals surface area contributed by atoms with E-state index in [1.54, 1.807) is 5.31 Å². The van der Waals surface area contributed by atoms with Crippen LogP contribution >= 0.6 is 8.58 Å². The van der Waals surface area contributed by atoms with Gasteiger partial charge in [0.05, 0.1) is 0 Å². The molecule has 1 radical (unpaired) electrons. The first kappa shape index (κ1) is 11.4. The Labute approximate surface area is 96.0 Å². The van der Waals surface area contributed by atoms with Crippen molar-refractivity contribution in [2.24, 2.45) is 5.41 Å². The van der Waals surface area contributed by atoms with Crippen LogP contribution < -0.4 is 0 Å². The smallest absolute Gasteiger partial charge is 0.00644 e. The lowest BCUT2D eigenvalue weighted by Crippen LogP contribution is -2.16. The van der Waals surface area contributed by atoms with Gasteiger partial charge in [-0.1, -0.05) is 63.4 Å². The van der Waals surface area contributed by atoms with E-state index in [4.69, 9.17) is 0 Å². The molecule has 2 aliphatic rings. The first-order valence-electron chi connectivity index (χ1n) is 6.39. The molecule has 0 spiro atoms. The minimum Gasteiger partial charge on any atom is -0.0608 e. The van der Waals surface area contributed by atoms with Crippen molar-refractivity contribution >= 4 is 8.58 Å². The predicted molar refractivity (Wildman–Crippen MR) is 69.2 cm³/mol. The van der Waals surface area contributed by atoms with Gasteiger partial charge in [0.15, 0.2) is 0 Å². The number of rotatable bonds is 1. The molecule has 0 N–H and O–H groups in total. The van der Waals surface area contributed by atoms with Gasteiger partial charge in [-0.2, -0.15) is 0 Å². The molecule has 1 fully saturated rings. The van der Waals surface area contributed by atoms with E-state index >= 15 is 0 Å². The second-order valence-corrected chi connectivity index (χ2v) is 6.24. The van der Waals surface area contributed by atoms with Crippen LogP contribution in [0.5, 0.6) is 0 Å². The van der Waals surface area contributed by atoms with Crippen molar-refractivity contribution in [3.05, 3.63) is 23.3 Å². The standard InChI is InChI=1S/C14H22P/c1-14(13-9-8-12-15-13)10-6-4-2-3-5-7-11-14/h8-9,12H,2-7,10-11H2,1H3. The van der Waals surface area contributed by atoms with Gasteiger partial charge in [0.2, 0.25) is 0 Å². The van der Waals surface area contributed by atoms with Crippen molar-refractivity contribution in [3.8, 4) is 0 Å². The molecular formula is C14H22P. The van der Waals surface area contributed by atoms with E-state index in [-0.39, 0.29) is 0 Å². The molecule has 0 unspecified atom stereocenters. The molecule has 1 heterocycles. The molecule has 1 heteroatoms. The lowest BCUT2D eigenvalue weighted by atomic mass is 9.80. The highest BCUT2D eigenvalue weighted by Crippen LogP contribution is 2.49. The molecular weight excluding hydrogens is 199 g/mol. The number of hydrogen-bond acceptors (Lipinski definition) is 0. The van der Waals surface area contributed by atoms with Gasteiger partial charge in [0, 0.05) is 0 Å². The average molecular weight is 221 g/mol. The Bertz CT molecular complexity index is 253. The summed E-state index contributed by atoms with van der Waals surface area (Å²) in [6.45, 7) is 2.49. The minimum atomic E-state index is 0.509. The van der Waals surface area contributed by atoms with Crippen LogP contribution in [-0.2, 0) is 0 Å². The summed E-state index contributed by atoms with van der Waals surface area (Å²) >= 11 is 0. The third-order valence-corrected chi connectivity index (χ3v) is 5.17. The Kier molecular flexibility index (Phi) is 4.03. The lowest BCUT2D eigenvalue weighted by molar-refractivity contribution is 0.336. The molecule has 1 aliphatic heterocycles. The molecule has 0 atom stereocenters. The van der Waals surface area contributed by atoms with E-state index in [0.717, 1.165) is 0 Å². The Morgan fingerprint density at radius 3 is 2.13 bits per heavy atom. The summed E-state index contributed by atoms with van der Waals surface area (Å²) in [4.78, 5) is 0. The minimum absolute atomic E-state index is 0.509. The maximum absolute atomic E-state index is 2.49. The second-order valence-electron chi connectivity index (χ2n) is 5.20. The molecule has 15 heavy (non-hydrogen) atoms. The van der Waals surface area contributed by atoms with Gasteiger partial charge < -0.3 is 0 Å². The predicted octanol–water partition coefficient (Wildman–Crippen LogP) is 5.48. The number of hydrogen-bond donors (Lipinski definition) is 0. The summed E-state index contributed by atoms with van der Waals surface area (Å²) in [7, 11) is 1.46. The molecule has 1 aliphatic carbocycles.